The van der Waals surface area contributed by atoms with Crippen LogP contribution in [0.3, 0.4) is 0 Å². The van der Waals surface area contributed by atoms with Crippen LogP contribution in [0.5, 0.6) is 0 Å². The molecular formula is C31H46N8O6. The Morgan fingerprint density at radius 3 is 2.47 bits per heavy atom. The van der Waals surface area contributed by atoms with Gasteiger partial charge in [0.2, 0.25) is 0 Å². The number of nitrogen functional groups attached to an aromatic ring is 1. The van der Waals surface area contributed by atoms with Crippen LogP contribution in [-0.2, 0) is 24.4 Å². The second-order valence-corrected chi connectivity index (χ2v) is 14.0. The molecule has 5 N–H and O–H groups in total. The van der Waals surface area contributed by atoms with Gasteiger partial charge in [0.1, 0.15) is 35.8 Å². The van der Waals surface area contributed by atoms with Crippen molar-refractivity contribution in [1.29, 1.82) is 0 Å². The third-order valence-corrected chi connectivity index (χ3v) is 7.61. The molecule has 0 saturated carbocycles. The number of aromatic nitrogens is 4. The van der Waals surface area contributed by atoms with Gasteiger partial charge in [-0.25, -0.2) is 19.7 Å². The zero-order valence-electron chi connectivity index (χ0n) is 27.3. The molecule has 2 aliphatic rings. The Kier molecular flexibility index (Phi) is 8.99. The van der Waals surface area contributed by atoms with Crippen molar-refractivity contribution in [3.05, 3.63) is 42.5 Å². The Labute approximate surface area is 263 Å². The number of carbonyl (C=O) groups excluding carboxylic acids is 1. The smallest absolute Gasteiger partial charge is 0.410 e. The number of carbonyl (C=O) groups is 1. The monoisotopic (exact) mass is 626 g/mol. The lowest BCUT2D eigenvalue weighted by molar-refractivity contribution is -0.197. The van der Waals surface area contributed by atoms with E-state index in [0.717, 1.165) is 5.69 Å². The van der Waals surface area contributed by atoms with Crippen LogP contribution in [0, 0.1) is 0 Å². The molecule has 0 radical (unpaired) electrons. The molecule has 0 bridgehead atoms. The molecule has 14 nitrogen and oxygen atoms in total. The fourth-order valence-corrected chi connectivity index (χ4v) is 5.50. The highest BCUT2D eigenvalue weighted by atomic mass is 16.8. The lowest BCUT2D eigenvalue weighted by Crippen LogP contribution is -2.48. The van der Waals surface area contributed by atoms with Crippen molar-refractivity contribution in [2.75, 3.05) is 30.7 Å². The second kappa shape index (κ2) is 12.3. The van der Waals surface area contributed by atoms with E-state index in [1.807, 2.05) is 58.9 Å². The molecule has 4 heterocycles. The third-order valence-electron chi connectivity index (χ3n) is 7.61. The third kappa shape index (κ3) is 7.64. The number of aliphatic hydroxyl groups excluding tert-OH is 1. The topological polar surface area (TPSA) is 171 Å². The number of hydrogen-bond acceptors (Lipinski definition) is 12. The molecule has 1 amide bonds. The zero-order chi connectivity index (χ0) is 32.7. The number of nitrogens with zero attached hydrogens (tertiary/aromatic N) is 5. The van der Waals surface area contributed by atoms with Crippen molar-refractivity contribution in [3.63, 3.8) is 0 Å². The number of amides is 1. The Morgan fingerprint density at radius 2 is 1.80 bits per heavy atom. The number of nitrogens with two attached hydrogens (primary N) is 1. The largest absolute Gasteiger partial charge is 0.444 e. The van der Waals surface area contributed by atoms with Crippen molar-refractivity contribution in [2.24, 2.45) is 0 Å². The van der Waals surface area contributed by atoms with Gasteiger partial charge >= 0.3 is 6.09 Å². The van der Waals surface area contributed by atoms with Crippen LogP contribution in [0.4, 0.5) is 16.3 Å². The summed E-state index contributed by atoms with van der Waals surface area (Å²) >= 11 is 0. The fraction of sp³-hybridized carbons (Fsp3) is 0.613. The maximum atomic E-state index is 13.4. The molecule has 14 heteroatoms. The number of aliphatic hydroxyl groups is 1. The highest BCUT2D eigenvalue weighted by Gasteiger charge is 2.56. The zero-order valence-corrected chi connectivity index (χ0v) is 27.3. The van der Waals surface area contributed by atoms with Crippen LogP contribution in [0.25, 0.3) is 11.2 Å². The van der Waals surface area contributed by atoms with Gasteiger partial charge in [0, 0.05) is 18.8 Å². The summed E-state index contributed by atoms with van der Waals surface area (Å²) in [6, 6.07) is 7.92. The highest BCUT2D eigenvalue weighted by molar-refractivity contribution is 5.81. The molecule has 1 unspecified atom stereocenters. The molecule has 3 aromatic rings. The first-order valence-electron chi connectivity index (χ1n) is 15.2. The normalized spacial score (nSPS) is 23.6. The summed E-state index contributed by atoms with van der Waals surface area (Å²) in [6.45, 7) is 16.2. The average molecular weight is 627 g/mol. The number of benzene rings is 1. The first-order chi connectivity index (χ1) is 21.0. The molecule has 246 valence electrons. The van der Waals surface area contributed by atoms with E-state index < -0.39 is 48.4 Å². The number of anilines is 2. The Bertz CT molecular complexity index is 1480. The number of ether oxygens (including phenoxy) is 4. The number of imidazole rings is 1. The summed E-state index contributed by atoms with van der Waals surface area (Å²) in [6.07, 6.45) is -0.813. The van der Waals surface area contributed by atoms with Gasteiger partial charge in [-0.3, -0.25) is 9.88 Å². The van der Waals surface area contributed by atoms with E-state index in [0.29, 0.717) is 11.2 Å². The SMILES string of the molecule is CC(C)(C)OC(=O)N(CCNC(O)Nc1ccc(C(C)(C)C)cc1)C[C@H]1O[C@@H](n2cnc3c(N)ncnc32)[C@@H]2OC(C)(C)O[C@@H]21. The summed E-state index contributed by atoms with van der Waals surface area (Å²) in [4.78, 5) is 27.7. The summed E-state index contributed by atoms with van der Waals surface area (Å²) in [5.74, 6) is -0.616. The van der Waals surface area contributed by atoms with Gasteiger partial charge in [-0.2, -0.15) is 0 Å². The van der Waals surface area contributed by atoms with E-state index in [9.17, 15) is 9.90 Å². The van der Waals surface area contributed by atoms with Gasteiger partial charge in [-0.15, -0.1) is 0 Å². The van der Waals surface area contributed by atoms with Crippen LogP contribution in [0.1, 0.15) is 67.2 Å². The van der Waals surface area contributed by atoms with Crippen LogP contribution in [0.15, 0.2) is 36.9 Å². The molecule has 2 fully saturated rings. The highest BCUT2D eigenvalue weighted by Crippen LogP contribution is 2.44. The van der Waals surface area contributed by atoms with Crippen molar-refractivity contribution < 1.29 is 28.8 Å². The molecule has 2 aliphatic heterocycles. The maximum Gasteiger partial charge on any atom is 0.410 e. The molecule has 1 aromatic carbocycles. The predicted octanol–water partition coefficient (Wildman–Crippen LogP) is 3.34. The Morgan fingerprint density at radius 1 is 1.11 bits per heavy atom. The Balaban J connectivity index is 1.28. The number of rotatable bonds is 9. The maximum absolute atomic E-state index is 13.4. The summed E-state index contributed by atoms with van der Waals surface area (Å²) in [5.41, 5.74) is 8.26. The average Bonchev–Trinajstić information content (AvgIpc) is 3.58. The molecular weight excluding hydrogens is 580 g/mol. The molecule has 45 heavy (non-hydrogen) atoms. The summed E-state index contributed by atoms with van der Waals surface area (Å²) in [7, 11) is 0. The van der Waals surface area contributed by atoms with Gasteiger partial charge in [0.05, 0.1) is 12.9 Å². The summed E-state index contributed by atoms with van der Waals surface area (Å²) in [5, 5.41) is 16.7. The quantitative estimate of drug-likeness (QED) is 0.256. The van der Waals surface area contributed by atoms with E-state index in [-0.39, 0.29) is 30.9 Å². The van der Waals surface area contributed by atoms with Crippen LogP contribution in [0.2, 0.25) is 0 Å². The molecule has 5 atom stereocenters. The van der Waals surface area contributed by atoms with Crippen molar-refractivity contribution in [3.8, 4) is 0 Å². The molecule has 2 aromatic heterocycles. The number of fused-ring (bicyclic) bond motifs is 2. The second-order valence-electron chi connectivity index (χ2n) is 14.0. The minimum Gasteiger partial charge on any atom is -0.444 e. The van der Waals surface area contributed by atoms with E-state index in [1.165, 1.54) is 11.9 Å². The van der Waals surface area contributed by atoms with Crippen LogP contribution in [-0.4, -0.2) is 91.3 Å². The number of hydrogen-bond donors (Lipinski definition) is 4. The van der Waals surface area contributed by atoms with Gasteiger partial charge < -0.3 is 40.0 Å². The minimum atomic E-state index is -1.04. The molecule has 2 saturated heterocycles. The first kappa shape index (κ1) is 32.8. The van der Waals surface area contributed by atoms with Crippen molar-refractivity contribution in [1.82, 2.24) is 29.7 Å². The predicted molar refractivity (Wildman–Crippen MR) is 168 cm³/mol. The molecule has 0 aliphatic carbocycles. The van der Waals surface area contributed by atoms with Gasteiger partial charge in [-0.05, 0) is 57.7 Å². The lowest BCUT2D eigenvalue weighted by Gasteiger charge is -2.31. The van der Waals surface area contributed by atoms with E-state index in [2.05, 4.69) is 46.4 Å². The van der Waals surface area contributed by atoms with E-state index in [1.54, 1.807) is 15.8 Å². The Hall–Kier alpha value is -3.56. The van der Waals surface area contributed by atoms with Gasteiger partial charge in [0.25, 0.3) is 0 Å². The van der Waals surface area contributed by atoms with E-state index in [4.69, 9.17) is 24.7 Å². The van der Waals surface area contributed by atoms with Crippen LogP contribution >= 0.6 is 0 Å². The van der Waals surface area contributed by atoms with Crippen LogP contribution < -0.4 is 16.4 Å². The fourth-order valence-electron chi connectivity index (χ4n) is 5.50. The molecule has 0 spiro atoms. The standard InChI is InChI=1S/C31H46N8O6/c1-29(2,3)18-9-11-19(12-10-18)37-27(40)33-13-14-38(28(41)45-30(4,5)6)15-20-22-23(44-31(7,8)43-22)26(42-20)39-17-36-21-24(32)34-16-35-25(21)39/h9-12,16-17,20,22-23,26-27,33,37,40H,13-15H2,1-8H3,(H2,32,34,35)/t20-,22-,23-,26-,27?/m1/s1. The van der Waals surface area contributed by atoms with Gasteiger partial charge in [0.15, 0.2) is 29.8 Å². The van der Waals surface area contributed by atoms with E-state index >= 15 is 0 Å². The first-order valence-corrected chi connectivity index (χ1v) is 15.2. The van der Waals surface area contributed by atoms with Crippen molar-refractivity contribution in [2.45, 2.75) is 103 Å². The summed E-state index contributed by atoms with van der Waals surface area (Å²) < 4.78 is 26.6. The number of nitrogens with one attached hydrogen (secondary N) is 2. The minimum absolute atomic E-state index is 0.0317. The molecule has 5 rings (SSSR count). The van der Waals surface area contributed by atoms with Gasteiger partial charge in [-0.1, -0.05) is 32.9 Å². The van der Waals surface area contributed by atoms with Crippen molar-refractivity contribution >= 4 is 28.8 Å². The lowest BCUT2D eigenvalue weighted by atomic mass is 9.87.